The van der Waals surface area contributed by atoms with Gasteiger partial charge in [0.15, 0.2) is 0 Å². The number of amides is 1. The van der Waals surface area contributed by atoms with Crippen LogP contribution in [0.25, 0.3) is 0 Å². The summed E-state index contributed by atoms with van der Waals surface area (Å²) in [7, 11) is 0. The van der Waals surface area contributed by atoms with Crippen LogP contribution < -0.4 is 15.8 Å². The molecule has 23 heavy (non-hydrogen) atoms. The SMILES string of the molecule is CC(NCc1ccc(OCc2ccccc2F)cc1)C(N)=O.Cl. The number of carbonyl (C=O) groups excluding carboxylic acids is 1. The number of nitrogens with two attached hydrogens (primary N) is 1. The summed E-state index contributed by atoms with van der Waals surface area (Å²) in [6, 6.07) is 13.5. The van der Waals surface area contributed by atoms with Crippen LogP contribution in [0.3, 0.4) is 0 Å². The van der Waals surface area contributed by atoms with Crippen molar-refractivity contribution in [3.05, 3.63) is 65.5 Å². The van der Waals surface area contributed by atoms with Gasteiger partial charge in [0.1, 0.15) is 18.2 Å². The number of carbonyl (C=O) groups is 1. The van der Waals surface area contributed by atoms with Crippen LogP contribution in [0, 0.1) is 5.82 Å². The molecule has 0 fully saturated rings. The number of primary amides is 1. The normalized spacial score (nSPS) is 11.4. The largest absolute Gasteiger partial charge is 0.489 e. The third-order valence-electron chi connectivity index (χ3n) is 3.31. The number of rotatable bonds is 7. The van der Waals surface area contributed by atoms with E-state index in [9.17, 15) is 9.18 Å². The summed E-state index contributed by atoms with van der Waals surface area (Å²) in [5.41, 5.74) is 6.70. The van der Waals surface area contributed by atoms with E-state index in [0.29, 0.717) is 17.9 Å². The number of ether oxygens (including phenoxy) is 1. The molecule has 1 atom stereocenters. The third kappa shape index (κ3) is 5.88. The molecule has 6 heteroatoms. The molecule has 4 nitrogen and oxygen atoms in total. The van der Waals surface area contributed by atoms with Crippen LogP contribution in [0.15, 0.2) is 48.5 Å². The van der Waals surface area contributed by atoms with Gasteiger partial charge in [-0.15, -0.1) is 12.4 Å². The molecule has 1 unspecified atom stereocenters. The Morgan fingerprint density at radius 3 is 2.48 bits per heavy atom. The predicted molar refractivity (Wildman–Crippen MR) is 89.9 cm³/mol. The highest BCUT2D eigenvalue weighted by Gasteiger charge is 2.07. The number of nitrogens with one attached hydrogen (secondary N) is 1. The summed E-state index contributed by atoms with van der Waals surface area (Å²) in [5.74, 6) is 0.00329. The molecule has 124 valence electrons. The summed E-state index contributed by atoms with van der Waals surface area (Å²) >= 11 is 0. The number of halogens is 2. The second kappa shape index (κ2) is 9.12. The smallest absolute Gasteiger partial charge is 0.234 e. The highest BCUT2D eigenvalue weighted by molar-refractivity contribution is 5.85. The minimum atomic E-state index is -0.384. The molecule has 2 aromatic carbocycles. The van der Waals surface area contributed by atoms with Crippen molar-refractivity contribution >= 4 is 18.3 Å². The van der Waals surface area contributed by atoms with Gasteiger partial charge in [-0.3, -0.25) is 4.79 Å². The Hall–Kier alpha value is -2.11. The zero-order valence-corrected chi connectivity index (χ0v) is 13.6. The Labute approximate surface area is 141 Å². The van der Waals surface area contributed by atoms with E-state index in [1.54, 1.807) is 25.1 Å². The molecule has 0 aliphatic rings. The molecule has 0 aliphatic carbocycles. The number of hydrogen-bond donors (Lipinski definition) is 2. The Morgan fingerprint density at radius 2 is 1.87 bits per heavy atom. The van der Waals surface area contributed by atoms with Crippen molar-refractivity contribution in [2.75, 3.05) is 0 Å². The van der Waals surface area contributed by atoms with Crippen LogP contribution in [0.5, 0.6) is 5.75 Å². The number of hydrogen-bond acceptors (Lipinski definition) is 3. The molecule has 0 aromatic heterocycles. The monoisotopic (exact) mass is 338 g/mol. The Kier molecular flexibility index (Phi) is 7.51. The van der Waals surface area contributed by atoms with Gasteiger partial charge in [0.25, 0.3) is 0 Å². The quantitative estimate of drug-likeness (QED) is 0.816. The van der Waals surface area contributed by atoms with Gasteiger partial charge in [-0.1, -0.05) is 30.3 Å². The fourth-order valence-corrected chi connectivity index (χ4v) is 1.85. The van der Waals surface area contributed by atoms with Crippen LogP contribution in [0.4, 0.5) is 4.39 Å². The summed E-state index contributed by atoms with van der Waals surface area (Å²) < 4.78 is 19.0. The first kappa shape index (κ1) is 18.9. The lowest BCUT2D eigenvalue weighted by Gasteiger charge is -2.11. The molecular formula is C17H20ClFN2O2. The van der Waals surface area contributed by atoms with Crippen molar-refractivity contribution in [3.63, 3.8) is 0 Å². The molecule has 0 bridgehead atoms. The zero-order valence-electron chi connectivity index (χ0n) is 12.8. The van der Waals surface area contributed by atoms with E-state index in [4.69, 9.17) is 10.5 Å². The molecule has 0 saturated carbocycles. The maximum atomic E-state index is 13.5. The average Bonchev–Trinajstić information content (AvgIpc) is 2.52. The van der Waals surface area contributed by atoms with Gasteiger partial charge in [-0.25, -0.2) is 4.39 Å². The fourth-order valence-electron chi connectivity index (χ4n) is 1.85. The molecule has 3 N–H and O–H groups in total. The lowest BCUT2D eigenvalue weighted by atomic mass is 10.2. The second-order valence-corrected chi connectivity index (χ2v) is 5.03. The molecule has 0 heterocycles. The van der Waals surface area contributed by atoms with Crippen LogP contribution in [-0.2, 0) is 17.9 Å². The first-order valence-electron chi connectivity index (χ1n) is 7.04. The van der Waals surface area contributed by atoms with Crippen molar-refractivity contribution in [1.82, 2.24) is 5.32 Å². The van der Waals surface area contributed by atoms with Gasteiger partial charge in [-0.2, -0.15) is 0 Å². The average molecular weight is 339 g/mol. The minimum Gasteiger partial charge on any atom is -0.489 e. The van der Waals surface area contributed by atoms with Crippen LogP contribution in [0.1, 0.15) is 18.1 Å². The van der Waals surface area contributed by atoms with E-state index in [1.807, 2.05) is 24.3 Å². The van der Waals surface area contributed by atoms with Gasteiger partial charge < -0.3 is 15.8 Å². The summed E-state index contributed by atoms with van der Waals surface area (Å²) in [4.78, 5) is 10.9. The van der Waals surface area contributed by atoms with E-state index in [0.717, 1.165) is 5.56 Å². The second-order valence-electron chi connectivity index (χ2n) is 5.03. The topological polar surface area (TPSA) is 64.3 Å². The van der Waals surface area contributed by atoms with E-state index in [2.05, 4.69) is 5.32 Å². The predicted octanol–water partition coefficient (Wildman–Crippen LogP) is 2.79. The standard InChI is InChI=1S/C17H19FN2O2.ClH/c1-12(17(19)21)20-10-13-6-8-15(9-7-13)22-11-14-4-2-3-5-16(14)18;/h2-9,12,20H,10-11H2,1H3,(H2,19,21);1H. The Bertz CT molecular complexity index is 635. The van der Waals surface area contributed by atoms with Crippen molar-refractivity contribution in [1.29, 1.82) is 0 Å². The van der Waals surface area contributed by atoms with E-state index in [-0.39, 0.29) is 36.8 Å². The van der Waals surface area contributed by atoms with Crippen molar-refractivity contribution < 1.29 is 13.9 Å². The highest BCUT2D eigenvalue weighted by Crippen LogP contribution is 2.15. The Morgan fingerprint density at radius 1 is 1.22 bits per heavy atom. The summed E-state index contributed by atoms with van der Waals surface area (Å²) in [5, 5.41) is 3.02. The van der Waals surface area contributed by atoms with Crippen LogP contribution >= 0.6 is 12.4 Å². The summed E-state index contributed by atoms with van der Waals surface area (Å²) in [6.45, 7) is 2.44. The van der Waals surface area contributed by atoms with Gasteiger partial charge in [-0.05, 0) is 30.7 Å². The highest BCUT2D eigenvalue weighted by atomic mass is 35.5. The van der Waals surface area contributed by atoms with E-state index >= 15 is 0 Å². The lowest BCUT2D eigenvalue weighted by molar-refractivity contribution is -0.119. The maximum Gasteiger partial charge on any atom is 0.234 e. The first-order valence-corrected chi connectivity index (χ1v) is 7.04. The van der Waals surface area contributed by atoms with Crippen LogP contribution in [-0.4, -0.2) is 11.9 Å². The molecule has 0 saturated heterocycles. The van der Waals surface area contributed by atoms with Crippen molar-refractivity contribution in [3.8, 4) is 5.75 Å². The molecular weight excluding hydrogens is 319 g/mol. The van der Waals surface area contributed by atoms with Crippen LogP contribution in [0.2, 0.25) is 0 Å². The fraction of sp³-hybridized carbons (Fsp3) is 0.235. The van der Waals surface area contributed by atoms with Crippen molar-refractivity contribution in [2.45, 2.75) is 26.1 Å². The van der Waals surface area contributed by atoms with E-state index < -0.39 is 0 Å². The van der Waals surface area contributed by atoms with Crippen molar-refractivity contribution in [2.24, 2.45) is 5.73 Å². The third-order valence-corrected chi connectivity index (χ3v) is 3.31. The molecule has 1 amide bonds. The molecule has 2 aromatic rings. The molecule has 0 aliphatic heterocycles. The lowest BCUT2D eigenvalue weighted by Crippen LogP contribution is -2.38. The molecule has 2 rings (SSSR count). The zero-order chi connectivity index (χ0) is 15.9. The van der Waals surface area contributed by atoms with Gasteiger partial charge >= 0.3 is 0 Å². The van der Waals surface area contributed by atoms with Gasteiger partial charge in [0.2, 0.25) is 5.91 Å². The first-order chi connectivity index (χ1) is 10.6. The van der Waals surface area contributed by atoms with Gasteiger partial charge in [0.05, 0.1) is 6.04 Å². The maximum absolute atomic E-state index is 13.5. The van der Waals surface area contributed by atoms with Gasteiger partial charge in [0, 0.05) is 12.1 Å². The summed E-state index contributed by atoms with van der Waals surface area (Å²) in [6.07, 6.45) is 0. The number of benzene rings is 2. The Balaban J connectivity index is 0.00000264. The molecule has 0 spiro atoms. The van der Waals surface area contributed by atoms with E-state index in [1.165, 1.54) is 6.07 Å². The minimum absolute atomic E-state index is 0. The molecule has 0 radical (unpaired) electrons.